The van der Waals surface area contributed by atoms with Gasteiger partial charge in [-0.2, -0.15) is 0 Å². The maximum atomic E-state index is 14.6. The van der Waals surface area contributed by atoms with Gasteiger partial charge in [-0.15, -0.1) is 0 Å². The van der Waals surface area contributed by atoms with Gasteiger partial charge in [0.05, 0.1) is 38.4 Å². The quantitative estimate of drug-likeness (QED) is 0.311. The van der Waals surface area contributed by atoms with Crippen molar-refractivity contribution >= 4 is 28.3 Å². The molecule has 1 unspecified atom stereocenters. The fraction of sp³-hybridized carbons (Fsp3) is 0.355. The maximum Gasteiger partial charge on any atom is 0.259 e. The van der Waals surface area contributed by atoms with Crippen molar-refractivity contribution in [1.29, 1.82) is 0 Å². The number of carbonyl (C=O) groups is 2. The van der Waals surface area contributed by atoms with Crippen molar-refractivity contribution in [2.75, 3.05) is 31.1 Å². The van der Waals surface area contributed by atoms with Gasteiger partial charge in [-0.25, -0.2) is 8.60 Å². The van der Waals surface area contributed by atoms with E-state index in [1.54, 1.807) is 60.7 Å². The summed E-state index contributed by atoms with van der Waals surface area (Å²) in [6.07, 6.45) is 4.48. The van der Waals surface area contributed by atoms with Crippen molar-refractivity contribution in [3.63, 3.8) is 0 Å². The molecule has 0 saturated carbocycles. The molecule has 0 aliphatic carbocycles. The van der Waals surface area contributed by atoms with Crippen LogP contribution >= 0.6 is 0 Å². The van der Waals surface area contributed by atoms with E-state index in [1.165, 1.54) is 11.0 Å². The van der Waals surface area contributed by atoms with Gasteiger partial charge in [-0.1, -0.05) is 57.0 Å². The highest BCUT2D eigenvalue weighted by Gasteiger charge is 2.32. The molecule has 6 nitrogen and oxygen atoms in total. The first-order valence-corrected chi connectivity index (χ1v) is 14.8. The van der Waals surface area contributed by atoms with Gasteiger partial charge in [0.2, 0.25) is 0 Å². The Hall–Kier alpha value is -3.36. The van der Waals surface area contributed by atoms with Crippen LogP contribution < -0.4 is 10.2 Å². The Morgan fingerprint density at radius 1 is 0.923 bits per heavy atom. The number of benzene rings is 3. The Morgan fingerprint density at radius 2 is 1.62 bits per heavy atom. The highest BCUT2D eigenvalue weighted by molar-refractivity contribution is 7.85. The summed E-state index contributed by atoms with van der Waals surface area (Å²) in [5.74, 6) is -1.09. The average molecular weight is 550 g/mol. The molecule has 1 aliphatic rings. The molecule has 206 valence electrons. The van der Waals surface area contributed by atoms with Crippen LogP contribution in [0, 0.1) is 5.82 Å². The summed E-state index contributed by atoms with van der Waals surface area (Å²) >= 11 is 0. The molecular formula is C31H36FN3O3S. The van der Waals surface area contributed by atoms with Crippen LogP contribution in [0.3, 0.4) is 0 Å². The van der Waals surface area contributed by atoms with Crippen molar-refractivity contribution in [3.05, 3.63) is 89.2 Å². The predicted molar refractivity (Wildman–Crippen MR) is 153 cm³/mol. The smallest absolute Gasteiger partial charge is 0.259 e. The van der Waals surface area contributed by atoms with Gasteiger partial charge in [0.15, 0.2) is 0 Å². The standard InChI is InChI=1S/C31H36FN3O3S/c1-3-5-18-34(19-6-4-2)20-17-33-30(36)23-15-16-29-27(21-23)35(22-24-11-7-9-13-26(24)32)31(37)25-12-8-10-14-28(25)39(29)38/h7-16,21H,3-6,17-20,22H2,1-2H3,(H,33,36). The van der Waals surface area contributed by atoms with Crippen LogP contribution in [-0.2, 0) is 17.3 Å². The third kappa shape index (κ3) is 6.81. The fourth-order valence-corrected chi connectivity index (χ4v) is 6.03. The molecule has 0 aromatic heterocycles. The molecule has 4 rings (SSSR count). The zero-order valence-corrected chi connectivity index (χ0v) is 23.4. The van der Waals surface area contributed by atoms with E-state index < -0.39 is 16.6 Å². The van der Waals surface area contributed by atoms with Crippen molar-refractivity contribution in [1.82, 2.24) is 10.2 Å². The van der Waals surface area contributed by atoms with Gasteiger partial charge >= 0.3 is 0 Å². The lowest BCUT2D eigenvalue weighted by molar-refractivity contribution is 0.0944. The third-order valence-electron chi connectivity index (χ3n) is 6.93. The summed E-state index contributed by atoms with van der Waals surface area (Å²) in [4.78, 5) is 31.5. The van der Waals surface area contributed by atoms with Crippen LogP contribution in [0.2, 0.25) is 0 Å². The molecule has 3 aromatic carbocycles. The van der Waals surface area contributed by atoms with Gasteiger partial charge in [-0.05, 0) is 62.3 Å². The summed E-state index contributed by atoms with van der Waals surface area (Å²) < 4.78 is 28.2. The fourth-order valence-electron chi connectivity index (χ4n) is 4.69. The first kappa shape index (κ1) is 28.6. The van der Waals surface area contributed by atoms with Crippen molar-refractivity contribution < 1.29 is 18.2 Å². The molecule has 3 aromatic rings. The predicted octanol–water partition coefficient (Wildman–Crippen LogP) is 5.78. The minimum absolute atomic E-state index is 0.0566. The maximum absolute atomic E-state index is 14.6. The number of hydrogen-bond acceptors (Lipinski definition) is 4. The molecular weight excluding hydrogens is 513 g/mol. The van der Waals surface area contributed by atoms with E-state index in [0.29, 0.717) is 38.7 Å². The summed E-state index contributed by atoms with van der Waals surface area (Å²) in [6.45, 7) is 7.55. The molecule has 1 aliphatic heterocycles. The summed E-state index contributed by atoms with van der Waals surface area (Å²) in [5, 5.41) is 3.00. The van der Waals surface area contributed by atoms with Crippen LogP contribution in [0.4, 0.5) is 10.1 Å². The number of halogens is 1. The van der Waals surface area contributed by atoms with E-state index in [9.17, 15) is 18.2 Å². The van der Waals surface area contributed by atoms with E-state index in [0.717, 1.165) is 45.3 Å². The van der Waals surface area contributed by atoms with Crippen LogP contribution in [0.1, 0.15) is 65.8 Å². The number of carbonyl (C=O) groups excluding carboxylic acids is 2. The van der Waals surface area contributed by atoms with E-state index in [2.05, 4.69) is 24.1 Å². The summed E-state index contributed by atoms with van der Waals surface area (Å²) in [5.41, 5.74) is 1.33. The minimum Gasteiger partial charge on any atom is -0.351 e. The number of anilines is 1. The lowest BCUT2D eigenvalue weighted by Crippen LogP contribution is -2.36. The molecule has 39 heavy (non-hydrogen) atoms. The second kappa shape index (κ2) is 13.6. The lowest BCUT2D eigenvalue weighted by atomic mass is 10.1. The third-order valence-corrected chi connectivity index (χ3v) is 8.43. The zero-order chi connectivity index (χ0) is 27.8. The normalized spacial score (nSPS) is 14.6. The van der Waals surface area contributed by atoms with Crippen molar-refractivity contribution in [2.24, 2.45) is 0 Å². The molecule has 2 amide bonds. The van der Waals surface area contributed by atoms with E-state index >= 15 is 0 Å². The number of fused-ring (bicyclic) bond motifs is 2. The molecule has 8 heteroatoms. The van der Waals surface area contributed by atoms with E-state index in [1.807, 2.05) is 0 Å². The number of nitrogens with one attached hydrogen (secondary N) is 1. The number of amides is 2. The molecule has 0 bridgehead atoms. The molecule has 0 saturated heterocycles. The zero-order valence-electron chi connectivity index (χ0n) is 22.6. The summed E-state index contributed by atoms with van der Waals surface area (Å²) in [7, 11) is -1.65. The van der Waals surface area contributed by atoms with Crippen LogP contribution in [-0.4, -0.2) is 47.1 Å². The van der Waals surface area contributed by atoms with Crippen LogP contribution in [0.25, 0.3) is 0 Å². The van der Waals surface area contributed by atoms with Gasteiger partial charge < -0.3 is 15.1 Å². The summed E-state index contributed by atoms with van der Waals surface area (Å²) in [6, 6.07) is 17.9. The van der Waals surface area contributed by atoms with Gasteiger partial charge in [0.25, 0.3) is 11.8 Å². The largest absolute Gasteiger partial charge is 0.351 e. The number of rotatable bonds is 12. The van der Waals surface area contributed by atoms with Crippen LogP contribution in [0.5, 0.6) is 0 Å². The topological polar surface area (TPSA) is 69.7 Å². The SMILES string of the molecule is CCCCN(CCCC)CCNC(=O)c1ccc2c(c1)N(Cc1ccccc1F)C(=O)c1ccccc1S2=O. The molecule has 1 N–H and O–H groups in total. The molecule has 0 radical (unpaired) electrons. The molecule has 0 spiro atoms. The molecule has 1 heterocycles. The second-order valence-corrected chi connectivity index (χ2v) is 11.2. The Bertz CT molecular complexity index is 1340. The number of nitrogens with zero attached hydrogens (tertiary/aromatic N) is 2. The lowest BCUT2D eigenvalue weighted by Gasteiger charge is -2.24. The van der Waals surface area contributed by atoms with E-state index in [-0.39, 0.29) is 18.4 Å². The van der Waals surface area contributed by atoms with E-state index in [4.69, 9.17) is 0 Å². The van der Waals surface area contributed by atoms with Gasteiger partial charge in [0, 0.05) is 24.2 Å². The molecule has 0 fully saturated rings. The van der Waals surface area contributed by atoms with Crippen LogP contribution in [0.15, 0.2) is 76.5 Å². The van der Waals surface area contributed by atoms with Gasteiger partial charge in [-0.3, -0.25) is 9.59 Å². The highest BCUT2D eigenvalue weighted by atomic mass is 32.2. The minimum atomic E-state index is -1.65. The average Bonchev–Trinajstić information content (AvgIpc) is 3.04. The number of hydrogen-bond donors (Lipinski definition) is 1. The Balaban J connectivity index is 1.61. The number of unbranched alkanes of at least 4 members (excludes halogenated alkanes) is 2. The van der Waals surface area contributed by atoms with Gasteiger partial charge in [0.1, 0.15) is 5.82 Å². The van der Waals surface area contributed by atoms with Crippen molar-refractivity contribution in [2.45, 2.75) is 55.9 Å². The molecule has 1 atom stereocenters. The first-order valence-electron chi connectivity index (χ1n) is 13.6. The van der Waals surface area contributed by atoms with Crippen molar-refractivity contribution in [3.8, 4) is 0 Å². The Kier molecular flexibility index (Phi) is 10.0. The second-order valence-electron chi connectivity index (χ2n) is 9.73. The Labute approximate surface area is 232 Å². The first-order chi connectivity index (χ1) is 18.9. The highest BCUT2D eigenvalue weighted by Crippen LogP contribution is 2.36. The Morgan fingerprint density at radius 3 is 2.33 bits per heavy atom. The monoisotopic (exact) mass is 549 g/mol.